The number of carbonyl (C=O) groups excluding carboxylic acids is 1. The number of ether oxygens (including phenoxy) is 1. The lowest BCUT2D eigenvalue weighted by Crippen LogP contribution is -2.28. The van der Waals surface area contributed by atoms with Crippen LogP contribution in [0.1, 0.15) is 27.2 Å². The number of anilines is 1. The largest absolute Gasteiger partial charge is 0.490 e. The van der Waals surface area contributed by atoms with Gasteiger partial charge in [0.15, 0.2) is 0 Å². The van der Waals surface area contributed by atoms with Crippen LogP contribution < -0.4 is 10.1 Å². The minimum Gasteiger partial charge on any atom is -0.490 e. The number of hydrogen-bond acceptors (Lipinski definition) is 3. The van der Waals surface area contributed by atoms with Crippen LogP contribution in [-0.4, -0.2) is 37.0 Å². The Kier molecular flexibility index (Phi) is 6.97. The number of hydrogen-bond donors (Lipinski definition) is 1. The lowest BCUT2D eigenvalue weighted by Gasteiger charge is -2.19. The number of benzene rings is 1. The Morgan fingerprint density at radius 3 is 2.53 bits per heavy atom. The average molecular weight is 264 g/mol. The van der Waals surface area contributed by atoms with E-state index < -0.39 is 0 Å². The Balaban J connectivity index is 2.55. The topological polar surface area (TPSA) is 41.6 Å². The highest BCUT2D eigenvalue weighted by molar-refractivity contribution is 5.91. The second kappa shape index (κ2) is 8.53. The van der Waals surface area contributed by atoms with Gasteiger partial charge in [-0.25, -0.2) is 0 Å². The third-order valence-electron chi connectivity index (χ3n) is 3.04. The van der Waals surface area contributed by atoms with Gasteiger partial charge in [0.25, 0.3) is 0 Å². The van der Waals surface area contributed by atoms with E-state index in [0.717, 1.165) is 31.1 Å². The zero-order chi connectivity index (χ0) is 14.1. The summed E-state index contributed by atoms with van der Waals surface area (Å²) in [5.74, 6) is 0.733. The van der Waals surface area contributed by atoms with Crippen molar-refractivity contribution >= 4 is 11.6 Å². The summed E-state index contributed by atoms with van der Waals surface area (Å²) in [7, 11) is 0. The lowest BCUT2D eigenvalue weighted by molar-refractivity contribution is -0.115. The fraction of sp³-hybridized carbons (Fsp3) is 0.533. The quantitative estimate of drug-likeness (QED) is 0.785. The molecular weight excluding hydrogens is 240 g/mol. The predicted octanol–water partition coefficient (Wildman–Crippen LogP) is 2.76. The highest BCUT2D eigenvalue weighted by atomic mass is 16.5. The van der Waals surface area contributed by atoms with Crippen LogP contribution in [0, 0.1) is 0 Å². The summed E-state index contributed by atoms with van der Waals surface area (Å²) in [4.78, 5) is 13.7. The molecule has 1 aromatic carbocycles. The zero-order valence-electron chi connectivity index (χ0n) is 12.1. The first-order valence-corrected chi connectivity index (χ1v) is 6.95. The van der Waals surface area contributed by atoms with Crippen LogP contribution >= 0.6 is 0 Å². The molecule has 0 fully saturated rings. The van der Waals surface area contributed by atoms with Crippen molar-refractivity contribution in [2.45, 2.75) is 27.2 Å². The molecule has 0 aromatic heterocycles. The van der Waals surface area contributed by atoms with Crippen LogP contribution in [0.5, 0.6) is 5.75 Å². The van der Waals surface area contributed by atoms with Gasteiger partial charge in [-0.05, 0) is 25.2 Å². The molecule has 0 aliphatic rings. The van der Waals surface area contributed by atoms with Gasteiger partial charge >= 0.3 is 0 Å². The molecule has 19 heavy (non-hydrogen) atoms. The Morgan fingerprint density at radius 2 is 1.89 bits per heavy atom. The highest BCUT2D eigenvalue weighted by Gasteiger charge is 2.06. The molecule has 0 aliphatic heterocycles. The van der Waals surface area contributed by atoms with Gasteiger partial charge in [-0.2, -0.15) is 0 Å². The average Bonchev–Trinajstić information content (AvgIpc) is 2.45. The Hall–Kier alpha value is -1.55. The van der Waals surface area contributed by atoms with E-state index in [1.54, 1.807) is 0 Å². The molecule has 0 saturated heterocycles. The van der Waals surface area contributed by atoms with E-state index in [-0.39, 0.29) is 5.91 Å². The standard InChI is InChI=1S/C15H24N2O2/c1-4-15(18)16-13-9-7-8-10-14(13)19-12-11-17(5-2)6-3/h7-10H,4-6,11-12H2,1-3H3,(H,16,18). The molecule has 0 atom stereocenters. The number of rotatable bonds is 8. The summed E-state index contributed by atoms with van der Waals surface area (Å²) in [5.41, 5.74) is 0.744. The molecule has 106 valence electrons. The predicted molar refractivity (Wildman–Crippen MR) is 78.6 cm³/mol. The second-order valence-electron chi connectivity index (χ2n) is 4.27. The number of para-hydroxylation sites is 2. The van der Waals surface area contributed by atoms with E-state index in [1.165, 1.54) is 0 Å². The van der Waals surface area contributed by atoms with E-state index in [2.05, 4.69) is 24.1 Å². The molecule has 0 heterocycles. The third kappa shape index (κ3) is 5.30. The number of amides is 1. The van der Waals surface area contributed by atoms with Gasteiger partial charge in [0, 0.05) is 13.0 Å². The monoisotopic (exact) mass is 264 g/mol. The van der Waals surface area contributed by atoms with Crippen molar-refractivity contribution in [1.29, 1.82) is 0 Å². The molecule has 0 radical (unpaired) electrons. The van der Waals surface area contributed by atoms with Crippen molar-refractivity contribution in [2.24, 2.45) is 0 Å². The zero-order valence-corrected chi connectivity index (χ0v) is 12.1. The van der Waals surface area contributed by atoms with Gasteiger partial charge in [0.05, 0.1) is 5.69 Å². The van der Waals surface area contributed by atoms with Crippen LogP contribution in [0.2, 0.25) is 0 Å². The molecule has 0 bridgehead atoms. The van der Waals surface area contributed by atoms with Crippen LogP contribution in [0.15, 0.2) is 24.3 Å². The molecule has 1 aromatic rings. The summed E-state index contributed by atoms with van der Waals surface area (Å²) in [6, 6.07) is 7.55. The Bertz CT molecular complexity index is 389. The molecule has 1 N–H and O–H groups in total. The SMILES string of the molecule is CCC(=O)Nc1ccccc1OCCN(CC)CC. The van der Waals surface area contributed by atoms with Crippen molar-refractivity contribution in [3.05, 3.63) is 24.3 Å². The van der Waals surface area contributed by atoms with Crippen LogP contribution in [-0.2, 0) is 4.79 Å². The molecule has 0 saturated carbocycles. The van der Waals surface area contributed by atoms with Gasteiger partial charge in [0.2, 0.25) is 5.91 Å². The summed E-state index contributed by atoms with van der Waals surface area (Å²) >= 11 is 0. The molecule has 0 aliphatic carbocycles. The third-order valence-corrected chi connectivity index (χ3v) is 3.04. The number of nitrogens with one attached hydrogen (secondary N) is 1. The molecule has 4 heteroatoms. The van der Waals surface area contributed by atoms with Crippen LogP contribution in [0.3, 0.4) is 0 Å². The first-order chi connectivity index (χ1) is 9.21. The first-order valence-electron chi connectivity index (χ1n) is 6.95. The molecule has 1 rings (SSSR count). The first kappa shape index (κ1) is 15.5. The summed E-state index contributed by atoms with van der Waals surface area (Å²) in [6.07, 6.45) is 0.466. The van der Waals surface area contributed by atoms with Crippen molar-refractivity contribution < 1.29 is 9.53 Å². The summed E-state index contributed by atoms with van der Waals surface area (Å²) in [6.45, 7) is 9.67. The highest BCUT2D eigenvalue weighted by Crippen LogP contribution is 2.23. The minimum absolute atomic E-state index is 0.000192. The minimum atomic E-state index is -0.000192. The Labute approximate surface area is 115 Å². The molecule has 0 spiro atoms. The Morgan fingerprint density at radius 1 is 1.21 bits per heavy atom. The van der Waals surface area contributed by atoms with E-state index in [4.69, 9.17) is 4.74 Å². The van der Waals surface area contributed by atoms with E-state index in [0.29, 0.717) is 13.0 Å². The van der Waals surface area contributed by atoms with E-state index in [1.807, 2.05) is 31.2 Å². The van der Waals surface area contributed by atoms with E-state index >= 15 is 0 Å². The van der Waals surface area contributed by atoms with Crippen molar-refractivity contribution in [1.82, 2.24) is 4.90 Å². The molecule has 0 unspecified atom stereocenters. The van der Waals surface area contributed by atoms with Gasteiger partial charge < -0.3 is 15.0 Å². The maximum atomic E-state index is 11.4. The smallest absolute Gasteiger partial charge is 0.224 e. The molecule has 4 nitrogen and oxygen atoms in total. The fourth-order valence-corrected chi connectivity index (χ4v) is 1.76. The number of likely N-dealkylation sites (N-methyl/N-ethyl adjacent to an activating group) is 1. The maximum absolute atomic E-state index is 11.4. The van der Waals surface area contributed by atoms with Crippen molar-refractivity contribution in [2.75, 3.05) is 31.6 Å². The maximum Gasteiger partial charge on any atom is 0.224 e. The lowest BCUT2D eigenvalue weighted by atomic mass is 10.3. The van der Waals surface area contributed by atoms with Crippen LogP contribution in [0.25, 0.3) is 0 Å². The van der Waals surface area contributed by atoms with Crippen LogP contribution in [0.4, 0.5) is 5.69 Å². The molecular formula is C15H24N2O2. The second-order valence-corrected chi connectivity index (χ2v) is 4.27. The normalized spacial score (nSPS) is 10.5. The summed E-state index contributed by atoms with van der Waals surface area (Å²) in [5, 5.41) is 2.85. The molecule has 1 amide bonds. The van der Waals surface area contributed by atoms with Gasteiger partial charge in [0.1, 0.15) is 12.4 Å². The number of carbonyl (C=O) groups is 1. The summed E-state index contributed by atoms with van der Waals surface area (Å²) < 4.78 is 5.76. The van der Waals surface area contributed by atoms with Gasteiger partial charge in [-0.1, -0.05) is 32.9 Å². The fourth-order valence-electron chi connectivity index (χ4n) is 1.76. The van der Waals surface area contributed by atoms with Crippen molar-refractivity contribution in [3.8, 4) is 5.75 Å². The van der Waals surface area contributed by atoms with Crippen molar-refractivity contribution in [3.63, 3.8) is 0 Å². The number of nitrogens with zero attached hydrogens (tertiary/aromatic N) is 1. The van der Waals surface area contributed by atoms with E-state index in [9.17, 15) is 4.79 Å². The van der Waals surface area contributed by atoms with Gasteiger partial charge in [-0.15, -0.1) is 0 Å². The van der Waals surface area contributed by atoms with Gasteiger partial charge in [-0.3, -0.25) is 4.79 Å².